The predicted octanol–water partition coefficient (Wildman–Crippen LogP) is 0.616. The maximum absolute atomic E-state index is 12.0. The Bertz CT molecular complexity index is 836. The quantitative estimate of drug-likeness (QED) is 0.884. The Hall–Kier alpha value is -1.92. The summed E-state index contributed by atoms with van der Waals surface area (Å²) in [5, 5.41) is 3.28. The smallest absolute Gasteiger partial charge is 0.270 e. The molecule has 0 unspecified atom stereocenters. The fraction of sp³-hybridized carbons (Fsp3) is 0.154. The molecular formula is C13H10ClN3O2S. The fourth-order valence-electron chi connectivity index (χ4n) is 1.90. The molecule has 20 heavy (non-hydrogen) atoms. The summed E-state index contributed by atoms with van der Waals surface area (Å²) >= 11 is 7.00. The number of carbonyl (C=O) groups is 1. The average molecular weight is 308 g/mol. The van der Waals surface area contributed by atoms with Crippen LogP contribution in [0.25, 0.3) is 6.08 Å². The van der Waals surface area contributed by atoms with Crippen LogP contribution in [0.2, 0.25) is 5.02 Å². The number of hydrogen-bond donors (Lipinski definition) is 1. The van der Waals surface area contributed by atoms with Gasteiger partial charge in [-0.15, -0.1) is 0 Å². The van der Waals surface area contributed by atoms with Gasteiger partial charge in [0.05, 0.1) is 6.54 Å². The van der Waals surface area contributed by atoms with Crippen LogP contribution in [0.3, 0.4) is 0 Å². The number of fused-ring (bicyclic) bond motifs is 1. The molecule has 5 nitrogen and oxygen atoms in total. The first-order valence-corrected chi connectivity index (χ1v) is 7.15. The van der Waals surface area contributed by atoms with E-state index in [4.69, 9.17) is 11.6 Å². The van der Waals surface area contributed by atoms with Gasteiger partial charge in [-0.2, -0.15) is 0 Å². The zero-order chi connectivity index (χ0) is 14.1. The number of thiazole rings is 1. The lowest BCUT2D eigenvalue weighted by molar-refractivity contribution is -0.110. The van der Waals surface area contributed by atoms with Crippen LogP contribution < -0.4 is 20.2 Å². The van der Waals surface area contributed by atoms with Gasteiger partial charge in [-0.1, -0.05) is 22.9 Å². The number of hydrogen-bond acceptors (Lipinski definition) is 4. The van der Waals surface area contributed by atoms with Gasteiger partial charge in [0.2, 0.25) is 5.91 Å². The van der Waals surface area contributed by atoms with Crippen molar-refractivity contribution in [2.45, 2.75) is 6.54 Å². The molecule has 1 aliphatic rings. The van der Waals surface area contributed by atoms with Gasteiger partial charge in [0.25, 0.3) is 5.56 Å². The molecule has 0 aliphatic carbocycles. The van der Waals surface area contributed by atoms with Crippen LogP contribution in [0.1, 0.15) is 0 Å². The maximum atomic E-state index is 12.0. The van der Waals surface area contributed by atoms with Crippen LogP contribution in [0.15, 0.2) is 34.1 Å². The minimum absolute atomic E-state index is 0.155. The molecule has 3 rings (SSSR count). The standard InChI is InChI=1S/C13H10ClN3O2S/c14-8-1-3-9(4-2-8)16-11(18)7-10-12(19)17-6-5-15-13(17)20-10/h1-4,7H,5-6H2,(H,16,18)/b10-7-. The van der Waals surface area contributed by atoms with Crippen LogP contribution in [0, 0.1) is 0 Å². The molecule has 1 N–H and O–H groups in total. The number of benzene rings is 1. The fourth-order valence-corrected chi connectivity index (χ4v) is 3.03. The molecular weight excluding hydrogens is 298 g/mol. The van der Waals surface area contributed by atoms with Crippen molar-refractivity contribution in [3.05, 3.63) is 49.0 Å². The topological polar surface area (TPSA) is 63.5 Å². The summed E-state index contributed by atoms with van der Waals surface area (Å²) < 4.78 is 1.99. The van der Waals surface area contributed by atoms with Crippen LogP contribution in [0.5, 0.6) is 0 Å². The largest absolute Gasteiger partial charge is 0.322 e. The van der Waals surface area contributed by atoms with Gasteiger partial charge < -0.3 is 5.32 Å². The van der Waals surface area contributed by atoms with Gasteiger partial charge in [-0.25, -0.2) is 0 Å². The Labute approximate surface area is 122 Å². The highest BCUT2D eigenvalue weighted by Gasteiger charge is 2.10. The summed E-state index contributed by atoms with van der Waals surface area (Å²) in [5.41, 5.74) is 0.474. The van der Waals surface area contributed by atoms with E-state index >= 15 is 0 Å². The van der Waals surface area contributed by atoms with Crippen molar-refractivity contribution in [2.24, 2.45) is 4.99 Å². The first-order chi connectivity index (χ1) is 9.63. The van der Waals surface area contributed by atoms with E-state index in [1.165, 1.54) is 17.4 Å². The Morgan fingerprint density at radius 2 is 2.15 bits per heavy atom. The monoisotopic (exact) mass is 307 g/mol. The van der Waals surface area contributed by atoms with E-state index in [0.717, 1.165) is 0 Å². The molecule has 0 radical (unpaired) electrons. The molecule has 0 saturated heterocycles. The molecule has 0 spiro atoms. The van der Waals surface area contributed by atoms with Gasteiger partial charge in [0.15, 0.2) is 4.80 Å². The highest BCUT2D eigenvalue weighted by Crippen LogP contribution is 2.13. The first kappa shape index (κ1) is 13.1. The van der Waals surface area contributed by atoms with Crippen LogP contribution in [-0.4, -0.2) is 17.0 Å². The lowest BCUT2D eigenvalue weighted by Crippen LogP contribution is -2.30. The van der Waals surface area contributed by atoms with Crippen molar-refractivity contribution >= 4 is 40.6 Å². The zero-order valence-corrected chi connectivity index (χ0v) is 11.9. The normalized spacial score (nSPS) is 13.9. The molecule has 2 heterocycles. The zero-order valence-electron chi connectivity index (χ0n) is 10.3. The van der Waals surface area contributed by atoms with Crippen LogP contribution in [-0.2, 0) is 11.3 Å². The van der Waals surface area contributed by atoms with E-state index < -0.39 is 0 Å². The molecule has 0 atom stereocenters. The summed E-state index contributed by atoms with van der Waals surface area (Å²) in [4.78, 5) is 28.7. The number of carbonyl (C=O) groups excluding carboxylic acids is 1. The molecule has 2 aromatic rings. The third-order valence-corrected chi connectivity index (χ3v) is 4.13. The van der Waals surface area contributed by atoms with Crippen molar-refractivity contribution < 1.29 is 4.79 Å². The van der Waals surface area contributed by atoms with E-state index in [0.29, 0.717) is 33.1 Å². The average Bonchev–Trinajstić information content (AvgIpc) is 2.97. The highest BCUT2D eigenvalue weighted by molar-refractivity contribution is 7.07. The molecule has 0 fully saturated rings. The number of nitrogens with one attached hydrogen (secondary N) is 1. The second-order valence-electron chi connectivity index (χ2n) is 4.23. The van der Waals surface area contributed by atoms with E-state index in [-0.39, 0.29) is 11.5 Å². The lowest BCUT2D eigenvalue weighted by atomic mass is 10.3. The lowest BCUT2D eigenvalue weighted by Gasteiger charge is -2.00. The van der Waals surface area contributed by atoms with Crippen LogP contribution >= 0.6 is 22.9 Å². The third kappa shape index (κ3) is 2.52. The number of anilines is 1. The summed E-state index contributed by atoms with van der Waals surface area (Å²) in [6.07, 6.45) is 1.31. The molecule has 102 valence electrons. The summed E-state index contributed by atoms with van der Waals surface area (Å²) in [5.74, 6) is -0.343. The number of amides is 1. The van der Waals surface area contributed by atoms with E-state index in [1.54, 1.807) is 28.8 Å². The van der Waals surface area contributed by atoms with Gasteiger partial charge in [-0.3, -0.25) is 19.1 Å². The number of rotatable bonds is 2. The number of nitrogens with zero attached hydrogens (tertiary/aromatic N) is 2. The third-order valence-electron chi connectivity index (χ3n) is 2.83. The SMILES string of the molecule is O=C(/C=c1\sc2n(c1=O)CCN=2)Nc1ccc(Cl)cc1. The Kier molecular flexibility index (Phi) is 3.42. The Balaban J connectivity index is 1.87. The van der Waals surface area contributed by atoms with Crippen molar-refractivity contribution in [2.75, 3.05) is 11.9 Å². The summed E-state index contributed by atoms with van der Waals surface area (Å²) in [7, 11) is 0. The van der Waals surface area contributed by atoms with Crippen molar-refractivity contribution in [3.63, 3.8) is 0 Å². The molecule has 0 saturated carbocycles. The summed E-state index contributed by atoms with van der Waals surface area (Å²) in [6.45, 7) is 1.23. The second kappa shape index (κ2) is 5.22. The van der Waals surface area contributed by atoms with E-state index in [9.17, 15) is 9.59 Å². The minimum Gasteiger partial charge on any atom is -0.322 e. The first-order valence-electron chi connectivity index (χ1n) is 5.96. The minimum atomic E-state index is -0.343. The van der Waals surface area contributed by atoms with Gasteiger partial charge in [0.1, 0.15) is 4.53 Å². The summed E-state index contributed by atoms with van der Waals surface area (Å²) in [6, 6.07) is 6.77. The van der Waals surface area contributed by atoms with E-state index in [1.807, 2.05) is 0 Å². The van der Waals surface area contributed by atoms with E-state index in [2.05, 4.69) is 10.3 Å². The van der Waals surface area contributed by atoms with Gasteiger partial charge >= 0.3 is 0 Å². The molecule has 1 aliphatic heterocycles. The van der Waals surface area contributed by atoms with Crippen molar-refractivity contribution in [1.29, 1.82) is 0 Å². The van der Waals surface area contributed by atoms with Gasteiger partial charge in [-0.05, 0) is 24.3 Å². The molecule has 1 aromatic carbocycles. The van der Waals surface area contributed by atoms with Gasteiger partial charge in [0, 0.05) is 23.3 Å². The highest BCUT2D eigenvalue weighted by atomic mass is 35.5. The molecule has 1 aromatic heterocycles. The van der Waals surface area contributed by atoms with Crippen LogP contribution in [0.4, 0.5) is 5.69 Å². The maximum Gasteiger partial charge on any atom is 0.270 e. The molecule has 1 amide bonds. The Morgan fingerprint density at radius 3 is 2.85 bits per heavy atom. The molecule has 0 bridgehead atoms. The van der Waals surface area contributed by atoms with Crippen molar-refractivity contribution in [1.82, 2.24) is 4.57 Å². The molecule has 7 heteroatoms. The predicted molar refractivity (Wildman–Crippen MR) is 78.8 cm³/mol. The number of halogens is 1. The van der Waals surface area contributed by atoms with Crippen molar-refractivity contribution in [3.8, 4) is 0 Å². The second-order valence-corrected chi connectivity index (χ2v) is 5.67. The number of aromatic nitrogens is 1. The Morgan fingerprint density at radius 1 is 1.40 bits per heavy atom.